The third-order valence-corrected chi connectivity index (χ3v) is 3.90. The number of sulfonamides is 1. The Balaban J connectivity index is 2.21. The summed E-state index contributed by atoms with van der Waals surface area (Å²) in [5.74, 6) is 0.146. The second-order valence-corrected chi connectivity index (χ2v) is 6.60. The molecule has 0 saturated heterocycles. The highest BCUT2D eigenvalue weighted by Crippen LogP contribution is 1.97. The largest absolute Gasteiger partial charge is 0.315 e. The second kappa shape index (κ2) is 8.19. The van der Waals surface area contributed by atoms with E-state index in [1.54, 1.807) is 18.3 Å². The average molecular weight is 286 g/mol. The zero-order chi connectivity index (χ0) is 14.1. The van der Waals surface area contributed by atoms with E-state index in [4.69, 9.17) is 0 Å². The molecule has 7 heteroatoms. The van der Waals surface area contributed by atoms with Crippen LogP contribution in [0.3, 0.4) is 0 Å². The van der Waals surface area contributed by atoms with Crippen LogP contribution < -0.4 is 10.0 Å². The first-order valence-corrected chi connectivity index (χ1v) is 8.12. The second-order valence-electron chi connectivity index (χ2n) is 4.67. The Bertz CT molecular complexity index is 448. The Hall–Kier alpha value is -1.05. The number of hydrogen-bond acceptors (Lipinski definition) is 5. The average Bonchev–Trinajstić information content (AvgIpc) is 2.37. The normalized spacial score (nSPS) is 11.9. The summed E-state index contributed by atoms with van der Waals surface area (Å²) >= 11 is 0. The predicted octanol–water partition coefficient (Wildman–Crippen LogP) is 0.674. The Labute approximate surface area is 115 Å². The molecule has 1 rings (SSSR count). The highest BCUT2D eigenvalue weighted by molar-refractivity contribution is 7.89. The number of aromatic nitrogens is 2. The molecule has 1 aromatic rings. The van der Waals surface area contributed by atoms with Crippen LogP contribution in [-0.2, 0) is 16.6 Å². The first-order chi connectivity index (χ1) is 8.99. The third kappa shape index (κ3) is 7.86. The van der Waals surface area contributed by atoms with Gasteiger partial charge in [0.25, 0.3) is 0 Å². The van der Waals surface area contributed by atoms with Crippen molar-refractivity contribution in [2.45, 2.75) is 39.3 Å². The van der Waals surface area contributed by atoms with Crippen molar-refractivity contribution in [1.29, 1.82) is 0 Å². The van der Waals surface area contributed by atoms with Crippen LogP contribution in [0.25, 0.3) is 0 Å². The first kappa shape index (κ1) is 16.0. The molecule has 0 saturated carbocycles. The SMILES string of the molecule is CC(C)NCCCCS(=O)(=O)NCc1cccnn1. The van der Waals surface area contributed by atoms with Crippen LogP contribution in [0.1, 0.15) is 32.4 Å². The number of nitrogens with one attached hydrogen (secondary N) is 2. The van der Waals surface area contributed by atoms with E-state index in [1.165, 1.54) is 0 Å². The molecular formula is C12H22N4O2S. The van der Waals surface area contributed by atoms with Crippen molar-refractivity contribution in [3.63, 3.8) is 0 Å². The van der Waals surface area contributed by atoms with Crippen LogP contribution in [0.15, 0.2) is 18.3 Å². The summed E-state index contributed by atoms with van der Waals surface area (Å²) in [7, 11) is -3.23. The van der Waals surface area contributed by atoms with Gasteiger partial charge in [0.15, 0.2) is 0 Å². The quantitative estimate of drug-likeness (QED) is 0.652. The summed E-state index contributed by atoms with van der Waals surface area (Å²) in [6, 6.07) is 3.91. The molecule has 0 fully saturated rings. The summed E-state index contributed by atoms with van der Waals surface area (Å²) in [6.07, 6.45) is 3.06. The van der Waals surface area contributed by atoms with Gasteiger partial charge in [0.1, 0.15) is 0 Å². The van der Waals surface area contributed by atoms with E-state index < -0.39 is 10.0 Å². The Morgan fingerprint density at radius 3 is 2.74 bits per heavy atom. The van der Waals surface area contributed by atoms with Gasteiger partial charge in [-0.05, 0) is 31.5 Å². The minimum Gasteiger partial charge on any atom is -0.315 e. The van der Waals surface area contributed by atoms with Crippen molar-refractivity contribution in [1.82, 2.24) is 20.2 Å². The lowest BCUT2D eigenvalue weighted by molar-refractivity contribution is 0.555. The highest BCUT2D eigenvalue weighted by Gasteiger charge is 2.09. The van der Waals surface area contributed by atoms with Gasteiger partial charge in [0.05, 0.1) is 18.0 Å². The highest BCUT2D eigenvalue weighted by atomic mass is 32.2. The topological polar surface area (TPSA) is 84.0 Å². The van der Waals surface area contributed by atoms with E-state index in [0.717, 1.165) is 13.0 Å². The zero-order valence-corrected chi connectivity index (χ0v) is 12.3. The van der Waals surface area contributed by atoms with Gasteiger partial charge in [-0.3, -0.25) is 0 Å². The molecule has 0 bridgehead atoms. The molecule has 108 valence electrons. The molecular weight excluding hydrogens is 264 g/mol. The summed E-state index contributed by atoms with van der Waals surface area (Å²) in [4.78, 5) is 0. The summed E-state index contributed by atoms with van der Waals surface area (Å²) in [6.45, 7) is 5.18. The van der Waals surface area contributed by atoms with Crippen LogP contribution in [0.5, 0.6) is 0 Å². The fraction of sp³-hybridized carbons (Fsp3) is 0.667. The monoisotopic (exact) mass is 286 g/mol. The fourth-order valence-electron chi connectivity index (χ4n) is 1.49. The molecule has 0 atom stereocenters. The Kier molecular flexibility index (Phi) is 6.90. The molecule has 0 unspecified atom stereocenters. The lowest BCUT2D eigenvalue weighted by Crippen LogP contribution is -2.28. The molecule has 0 aliphatic rings. The molecule has 0 aliphatic carbocycles. The van der Waals surface area contributed by atoms with Gasteiger partial charge in [-0.25, -0.2) is 13.1 Å². The maximum absolute atomic E-state index is 11.7. The van der Waals surface area contributed by atoms with Gasteiger partial charge in [0, 0.05) is 12.2 Å². The Morgan fingerprint density at radius 1 is 1.32 bits per heavy atom. The molecule has 6 nitrogen and oxygen atoms in total. The maximum atomic E-state index is 11.7. The van der Waals surface area contributed by atoms with Crippen molar-refractivity contribution < 1.29 is 8.42 Å². The van der Waals surface area contributed by atoms with Gasteiger partial charge in [-0.2, -0.15) is 10.2 Å². The molecule has 0 radical (unpaired) electrons. The maximum Gasteiger partial charge on any atom is 0.211 e. The zero-order valence-electron chi connectivity index (χ0n) is 11.5. The lowest BCUT2D eigenvalue weighted by Gasteiger charge is -2.08. The molecule has 19 heavy (non-hydrogen) atoms. The van der Waals surface area contributed by atoms with Gasteiger partial charge < -0.3 is 5.32 Å². The lowest BCUT2D eigenvalue weighted by atomic mass is 10.3. The van der Waals surface area contributed by atoms with E-state index in [1.807, 2.05) is 0 Å². The fourth-order valence-corrected chi connectivity index (χ4v) is 2.59. The van der Waals surface area contributed by atoms with Crippen molar-refractivity contribution in [3.05, 3.63) is 24.0 Å². The molecule has 0 aliphatic heterocycles. The number of unbranched alkanes of at least 4 members (excludes halogenated alkanes) is 1. The van der Waals surface area contributed by atoms with Crippen LogP contribution in [0.4, 0.5) is 0 Å². The van der Waals surface area contributed by atoms with E-state index in [0.29, 0.717) is 18.2 Å². The van der Waals surface area contributed by atoms with Crippen LogP contribution in [-0.4, -0.2) is 37.0 Å². The predicted molar refractivity (Wildman–Crippen MR) is 75.0 cm³/mol. The van der Waals surface area contributed by atoms with Gasteiger partial charge in [-0.15, -0.1) is 0 Å². The summed E-state index contributed by atoms with van der Waals surface area (Å²) < 4.78 is 26.0. The number of rotatable bonds is 9. The minimum atomic E-state index is -3.23. The summed E-state index contributed by atoms with van der Waals surface area (Å²) in [5, 5.41) is 10.8. The molecule has 0 spiro atoms. The van der Waals surface area contributed by atoms with Gasteiger partial charge in [0.2, 0.25) is 10.0 Å². The molecule has 0 amide bonds. The van der Waals surface area contributed by atoms with Gasteiger partial charge in [-0.1, -0.05) is 13.8 Å². The molecule has 1 heterocycles. The molecule has 2 N–H and O–H groups in total. The van der Waals surface area contributed by atoms with Crippen molar-refractivity contribution >= 4 is 10.0 Å². The van der Waals surface area contributed by atoms with E-state index in [2.05, 4.69) is 34.1 Å². The number of hydrogen-bond donors (Lipinski definition) is 2. The first-order valence-electron chi connectivity index (χ1n) is 6.47. The third-order valence-electron chi connectivity index (χ3n) is 2.49. The molecule has 0 aromatic carbocycles. The van der Waals surface area contributed by atoms with Crippen molar-refractivity contribution in [2.24, 2.45) is 0 Å². The summed E-state index contributed by atoms with van der Waals surface area (Å²) in [5.41, 5.74) is 0.618. The van der Waals surface area contributed by atoms with E-state index in [-0.39, 0.29) is 12.3 Å². The van der Waals surface area contributed by atoms with Crippen molar-refractivity contribution in [3.8, 4) is 0 Å². The van der Waals surface area contributed by atoms with Crippen molar-refractivity contribution in [2.75, 3.05) is 12.3 Å². The van der Waals surface area contributed by atoms with E-state index in [9.17, 15) is 8.42 Å². The van der Waals surface area contributed by atoms with Crippen LogP contribution >= 0.6 is 0 Å². The number of nitrogens with zero attached hydrogens (tertiary/aromatic N) is 2. The molecule has 1 aromatic heterocycles. The van der Waals surface area contributed by atoms with Gasteiger partial charge >= 0.3 is 0 Å². The minimum absolute atomic E-state index is 0.146. The smallest absolute Gasteiger partial charge is 0.211 e. The standard InChI is InChI=1S/C12H22N4O2S/c1-11(2)13-7-3-4-9-19(17,18)15-10-12-6-5-8-14-16-12/h5-6,8,11,13,15H,3-4,7,9-10H2,1-2H3. The Morgan fingerprint density at radius 2 is 2.11 bits per heavy atom. The van der Waals surface area contributed by atoms with Crippen LogP contribution in [0.2, 0.25) is 0 Å². The van der Waals surface area contributed by atoms with E-state index >= 15 is 0 Å². The van der Waals surface area contributed by atoms with Crippen LogP contribution in [0, 0.1) is 0 Å².